The fourth-order valence-corrected chi connectivity index (χ4v) is 3.36. The third-order valence-corrected chi connectivity index (χ3v) is 4.87. The summed E-state index contributed by atoms with van der Waals surface area (Å²) in [6.45, 7) is 5.91. The smallest absolute Gasteiger partial charge is 0.320 e. The van der Waals surface area contributed by atoms with E-state index in [0.717, 1.165) is 65.0 Å². The topological polar surface area (TPSA) is 64.7 Å². The van der Waals surface area contributed by atoms with Crippen molar-refractivity contribution in [2.75, 3.05) is 45.8 Å². The lowest BCUT2D eigenvalue weighted by molar-refractivity contribution is -0.126. The van der Waals surface area contributed by atoms with Crippen molar-refractivity contribution in [2.45, 2.75) is 25.7 Å². The number of piperidine rings is 1. The van der Waals surface area contributed by atoms with Gasteiger partial charge in [0.1, 0.15) is 0 Å². The van der Waals surface area contributed by atoms with Crippen LogP contribution in [0.4, 0.5) is 4.79 Å². The number of amides is 3. The lowest BCUT2D eigenvalue weighted by Crippen LogP contribution is -2.52. The van der Waals surface area contributed by atoms with E-state index in [9.17, 15) is 9.59 Å². The summed E-state index contributed by atoms with van der Waals surface area (Å²) in [4.78, 5) is 28.5. The first kappa shape index (κ1) is 14.6. The molecule has 3 aliphatic rings. The Kier molecular flexibility index (Phi) is 4.63. The maximum Gasteiger partial charge on any atom is 0.320 e. The molecule has 0 saturated carbocycles. The molecule has 3 fully saturated rings. The van der Waals surface area contributed by atoms with Gasteiger partial charge in [0.15, 0.2) is 0 Å². The molecular formula is C15H26N4O2. The van der Waals surface area contributed by atoms with Crippen molar-refractivity contribution in [1.82, 2.24) is 20.4 Å². The van der Waals surface area contributed by atoms with Gasteiger partial charge in [0.2, 0.25) is 5.91 Å². The van der Waals surface area contributed by atoms with Gasteiger partial charge in [0, 0.05) is 51.7 Å². The number of hydrogen-bond acceptors (Lipinski definition) is 3. The summed E-state index contributed by atoms with van der Waals surface area (Å²) in [5.41, 5.74) is 0. The van der Waals surface area contributed by atoms with Gasteiger partial charge in [-0.25, -0.2) is 4.79 Å². The molecule has 0 aromatic carbocycles. The van der Waals surface area contributed by atoms with E-state index in [1.807, 2.05) is 9.80 Å². The first-order chi connectivity index (χ1) is 10.2. The van der Waals surface area contributed by atoms with Crippen molar-refractivity contribution in [3.63, 3.8) is 0 Å². The maximum atomic E-state index is 12.4. The van der Waals surface area contributed by atoms with Crippen molar-refractivity contribution in [1.29, 1.82) is 0 Å². The fraction of sp³-hybridized carbons (Fsp3) is 0.867. The number of urea groups is 1. The number of nitrogens with one attached hydrogen (secondary N) is 2. The summed E-state index contributed by atoms with van der Waals surface area (Å²) in [6.07, 6.45) is 4.05. The predicted octanol–water partition coefficient (Wildman–Crippen LogP) is 0.250. The molecule has 3 aliphatic heterocycles. The minimum absolute atomic E-state index is 0.0293. The lowest BCUT2D eigenvalue weighted by atomic mass is 9.96. The standard InChI is InChI=1S/C15H26N4O2/c20-14(17-10-12-8-16-9-12)13-4-3-7-19(11-13)15(21)18-5-1-2-6-18/h12-13,16H,1-11H2,(H,17,20). The van der Waals surface area contributed by atoms with Crippen molar-refractivity contribution in [2.24, 2.45) is 11.8 Å². The van der Waals surface area contributed by atoms with Crippen LogP contribution in [0, 0.1) is 11.8 Å². The molecule has 3 heterocycles. The summed E-state index contributed by atoms with van der Waals surface area (Å²) in [7, 11) is 0. The molecule has 2 N–H and O–H groups in total. The van der Waals surface area contributed by atoms with Crippen LogP contribution in [0.15, 0.2) is 0 Å². The Morgan fingerprint density at radius 3 is 2.43 bits per heavy atom. The van der Waals surface area contributed by atoms with Crippen LogP contribution in [0.3, 0.4) is 0 Å². The summed E-state index contributed by atoms with van der Waals surface area (Å²) in [5.74, 6) is 0.680. The van der Waals surface area contributed by atoms with Gasteiger partial charge >= 0.3 is 6.03 Å². The largest absolute Gasteiger partial charge is 0.355 e. The zero-order chi connectivity index (χ0) is 14.7. The predicted molar refractivity (Wildman–Crippen MR) is 79.9 cm³/mol. The first-order valence-electron chi connectivity index (χ1n) is 8.26. The summed E-state index contributed by atoms with van der Waals surface area (Å²) in [5, 5.41) is 6.26. The SMILES string of the molecule is O=C(NCC1CNC1)C1CCCN(C(=O)N2CCCC2)C1. The molecule has 6 heteroatoms. The van der Waals surface area contributed by atoms with Gasteiger partial charge in [0.25, 0.3) is 0 Å². The number of carbonyl (C=O) groups excluding carboxylic acids is 2. The number of likely N-dealkylation sites (tertiary alicyclic amines) is 2. The molecule has 0 spiro atoms. The highest BCUT2D eigenvalue weighted by molar-refractivity contribution is 5.81. The van der Waals surface area contributed by atoms with E-state index in [1.165, 1.54) is 0 Å². The van der Waals surface area contributed by atoms with E-state index in [2.05, 4.69) is 10.6 Å². The molecular weight excluding hydrogens is 268 g/mol. The molecule has 3 rings (SSSR count). The molecule has 0 aliphatic carbocycles. The maximum absolute atomic E-state index is 12.4. The third-order valence-electron chi connectivity index (χ3n) is 4.87. The second-order valence-electron chi connectivity index (χ2n) is 6.53. The average molecular weight is 294 g/mol. The average Bonchev–Trinajstić information content (AvgIpc) is 2.99. The number of rotatable bonds is 3. The second-order valence-corrected chi connectivity index (χ2v) is 6.53. The normalized spacial score (nSPS) is 26.6. The van der Waals surface area contributed by atoms with Gasteiger partial charge in [-0.3, -0.25) is 4.79 Å². The summed E-state index contributed by atoms with van der Waals surface area (Å²) < 4.78 is 0. The first-order valence-corrected chi connectivity index (χ1v) is 8.26. The van der Waals surface area contributed by atoms with Gasteiger partial charge in [-0.05, 0) is 25.7 Å². The number of carbonyl (C=O) groups is 2. The van der Waals surface area contributed by atoms with Crippen molar-refractivity contribution >= 4 is 11.9 Å². The second kappa shape index (κ2) is 6.64. The zero-order valence-electron chi connectivity index (χ0n) is 12.6. The van der Waals surface area contributed by atoms with Gasteiger partial charge in [0.05, 0.1) is 5.92 Å². The van der Waals surface area contributed by atoms with Crippen LogP contribution in [0.1, 0.15) is 25.7 Å². The van der Waals surface area contributed by atoms with Crippen LogP contribution in [0.25, 0.3) is 0 Å². The van der Waals surface area contributed by atoms with Crippen molar-refractivity contribution in [3.05, 3.63) is 0 Å². The molecule has 0 bridgehead atoms. The fourth-order valence-electron chi connectivity index (χ4n) is 3.36. The monoisotopic (exact) mass is 294 g/mol. The number of nitrogens with zero attached hydrogens (tertiary/aromatic N) is 2. The Balaban J connectivity index is 1.47. The Morgan fingerprint density at radius 2 is 1.76 bits per heavy atom. The minimum atomic E-state index is -0.0293. The van der Waals surface area contributed by atoms with Gasteiger partial charge < -0.3 is 20.4 Å². The van der Waals surface area contributed by atoms with E-state index in [4.69, 9.17) is 0 Å². The lowest BCUT2D eigenvalue weighted by Gasteiger charge is -2.35. The van der Waals surface area contributed by atoms with Crippen LogP contribution < -0.4 is 10.6 Å². The van der Waals surface area contributed by atoms with E-state index < -0.39 is 0 Å². The van der Waals surface area contributed by atoms with E-state index >= 15 is 0 Å². The molecule has 3 saturated heterocycles. The van der Waals surface area contributed by atoms with Gasteiger partial charge in [-0.2, -0.15) is 0 Å². The van der Waals surface area contributed by atoms with Crippen LogP contribution in [0.5, 0.6) is 0 Å². The Labute approximate surface area is 126 Å². The van der Waals surface area contributed by atoms with E-state index in [0.29, 0.717) is 12.5 Å². The highest BCUT2D eigenvalue weighted by Crippen LogP contribution is 2.20. The molecule has 1 unspecified atom stereocenters. The minimum Gasteiger partial charge on any atom is -0.355 e. The van der Waals surface area contributed by atoms with Gasteiger partial charge in [-0.15, -0.1) is 0 Å². The Hall–Kier alpha value is -1.30. The summed E-state index contributed by atoms with van der Waals surface area (Å²) in [6, 6.07) is 0.133. The van der Waals surface area contributed by atoms with Crippen LogP contribution in [-0.4, -0.2) is 67.6 Å². The molecule has 118 valence electrons. The molecule has 3 amide bonds. The molecule has 21 heavy (non-hydrogen) atoms. The highest BCUT2D eigenvalue weighted by Gasteiger charge is 2.31. The van der Waals surface area contributed by atoms with E-state index in [1.54, 1.807) is 0 Å². The zero-order valence-corrected chi connectivity index (χ0v) is 12.6. The van der Waals surface area contributed by atoms with Crippen LogP contribution in [0.2, 0.25) is 0 Å². The van der Waals surface area contributed by atoms with Crippen molar-refractivity contribution < 1.29 is 9.59 Å². The van der Waals surface area contributed by atoms with Crippen LogP contribution in [-0.2, 0) is 4.79 Å². The molecule has 0 aromatic rings. The van der Waals surface area contributed by atoms with E-state index in [-0.39, 0.29) is 17.9 Å². The quantitative estimate of drug-likeness (QED) is 0.784. The molecule has 0 aromatic heterocycles. The third kappa shape index (κ3) is 3.48. The highest BCUT2D eigenvalue weighted by atomic mass is 16.2. The Bertz CT molecular complexity index is 391. The van der Waals surface area contributed by atoms with Crippen molar-refractivity contribution in [3.8, 4) is 0 Å². The molecule has 1 atom stereocenters. The molecule has 6 nitrogen and oxygen atoms in total. The van der Waals surface area contributed by atoms with Gasteiger partial charge in [-0.1, -0.05) is 0 Å². The number of hydrogen-bond donors (Lipinski definition) is 2. The summed E-state index contributed by atoms with van der Waals surface area (Å²) >= 11 is 0. The molecule has 0 radical (unpaired) electrons. The van der Waals surface area contributed by atoms with Crippen LogP contribution >= 0.6 is 0 Å². The Morgan fingerprint density at radius 1 is 1.05 bits per heavy atom.